The Kier molecular flexibility index (Phi) is 5.64. The summed E-state index contributed by atoms with van der Waals surface area (Å²) in [5.74, 6) is -2.46. The van der Waals surface area contributed by atoms with Crippen LogP contribution < -0.4 is 5.32 Å². The molecule has 152 valence electrons. The van der Waals surface area contributed by atoms with E-state index in [4.69, 9.17) is 9.15 Å². The zero-order valence-corrected chi connectivity index (χ0v) is 16.0. The Bertz CT molecular complexity index is 1170. The number of esters is 1. The second-order valence-electron chi connectivity index (χ2n) is 6.24. The van der Waals surface area contributed by atoms with Gasteiger partial charge in [0.2, 0.25) is 5.76 Å². The van der Waals surface area contributed by atoms with E-state index in [9.17, 15) is 25.0 Å². The normalized spacial score (nSPS) is 10.3. The lowest BCUT2D eigenvalue weighted by Crippen LogP contribution is -2.22. The largest absolute Gasteiger partial charge is 0.450 e. The number of hydrogen-bond acceptors (Lipinski definition) is 7. The van der Waals surface area contributed by atoms with Gasteiger partial charge in [-0.25, -0.2) is 4.79 Å². The highest BCUT2D eigenvalue weighted by molar-refractivity contribution is 5.95. The summed E-state index contributed by atoms with van der Waals surface area (Å²) < 4.78 is 11.3. The molecule has 0 aliphatic heterocycles. The van der Waals surface area contributed by atoms with E-state index in [1.54, 1.807) is 11.5 Å². The average molecular weight is 408 g/mol. The molecule has 1 N–H and O–H groups in total. The molecule has 0 saturated carbocycles. The van der Waals surface area contributed by atoms with Crippen molar-refractivity contribution in [2.45, 2.75) is 13.8 Å². The second-order valence-corrected chi connectivity index (χ2v) is 6.24. The van der Waals surface area contributed by atoms with Crippen LogP contribution in [0, 0.1) is 35.3 Å². The zero-order chi connectivity index (χ0) is 21.8. The number of carbonyl (C=O) groups is 2. The number of nitriles is 1. The summed E-state index contributed by atoms with van der Waals surface area (Å²) in [4.78, 5) is 34.1. The first-order valence-electron chi connectivity index (χ1n) is 8.72. The average Bonchev–Trinajstić information content (AvgIpc) is 3.31. The van der Waals surface area contributed by atoms with Crippen molar-refractivity contribution in [3.05, 3.63) is 75.2 Å². The van der Waals surface area contributed by atoms with Crippen LogP contribution in [0.25, 0.3) is 5.69 Å². The zero-order valence-electron chi connectivity index (χ0n) is 16.0. The van der Waals surface area contributed by atoms with Gasteiger partial charge in [-0.3, -0.25) is 19.5 Å². The molecule has 0 aliphatic carbocycles. The molecule has 0 radical (unpaired) electrons. The second kappa shape index (κ2) is 8.32. The standard InChI is InChI=1S/C20H16N4O6/c1-12-13(2)23(14-6-4-3-5-7-14)19(15(12)10-21)22-17(25)11-29-20(26)16-8-9-18(30-16)24(27)28/h3-9H,11H2,1-2H3,(H,22,25). The fraction of sp³-hybridized carbons (Fsp3) is 0.150. The minimum absolute atomic E-state index is 0.258. The Balaban J connectivity index is 1.78. The van der Waals surface area contributed by atoms with Crippen LogP contribution in [0.15, 0.2) is 46.9 Å². The molecule has 1 amide bonds. The van der Waals surface area contributed by atoms with E-state index in [0.29, 0.717) is 5.56 Å². The van der Waals surface area contributed by atoms with E-state index in [1.807, 2.05) is 37.3 Å². The van der Waals surface area contributed by atoms with E-state index >= 15 is 0 Å². The molecule has 10 heteroatoms. The molecule has 0 bridgehead atoms. The number of carbonyl (C=O) groups excluding carboxylic acids is 2. The van der Waals surface area contributed by atoms with Crippen LogP contribution in [0.1, 0.15) is 27.4 Å². The lowest BCUT2D eigenvalue weighted by atomic mass is 10.2. The summed E-state index contributed by atoms with van der Waals surface area (Å²) in [6.45, 7) is 2.92. The molecule has 3 aromatic rings. The van der Waals surface area contributed by atoms with Crippen LogP contribution in [-0.4, -0.2) is 28.0 Å². The van der Waals surface area contributed by atoms with Crippen LogP contribution in [0.2, 0.25) is 0 Å². The van der Waals surface area contributed by atoms with Crippen LogP contribution in [0.4, 0.5) is 11.7 Å². The van der Waals surface area contributed by atoms with E-state index in [2.05, 4.69) is 11.4 Å². The van der Waals surface area contributed by atoms with Crippen molar-refractivity contribution in [2.24, 2.45) is 0 Å². The van der Waals surface area contributed by atoms with E-state index in [1.165, 1.54) is 0 Å². The first-order chi connectivity index (χ1) is 14.3. The van der Waals surface area contributed by atoms with Gasteiger partial charge in [0.25, 0.3) is 5.91 Å². The van der Waals surface area contributed by atoms with Crippen molar-refractivity contribution in [2.75, 3.05) is 11.9 Å². The maximum atomic E-state index is 12.4. The van der Waals surface area contributed by atoms with Gasteiger partial charge < -0.3 is 14.5 Å². The number of furan rings is 1. The molecule has 0 atom stereocenters. The minimum Gasteiger partial charge on any atom is -0.450 e. The molecule has 2 aromatic heterocycles. The van der Waals surface area contributed by atoms with Gasteiger partial charge in [-0.05, 0) is 37.6 Å². The summed E-state index contributed by atoms with van der Waals surface area (Å²) in [7, 11) is 0. The van der Waals surface area contributed by atoms with Gasteiger partial charge in [0, 0.05) is 11.4 Å². The van der Waals surface area contributed by atoms with E-state index < -0.39 is 35.1 Å². The monoisotopic (exact) mass is 408 g/mol. The number of aromatic nitrogens is 1. The molecule has 30 heavy (non-hydrogen) atoms. The van der Waals surface area contributed by atoms with Crippen molar-refractivity contribution in [1.29, 1.82) is 5.26 Å². The topological polar surface area (TPSA) is 140 Å². The third-order valence-corrected chi connectivity index (χ3v) is 4.40. The Morgan fingerprint density at radius 1 is 1.23 bits per heavy atom. The predicted octanol–water partition coefficient (Wildman–Crippen LogP) is 3.26. The first-order valence-corrected chi connectivity index (χ1v) is 8.72. The van der Waals surface area contributed by atoms with Gasteiger partial charge in [0.1, 0.15) is 16.8 Å². The van der Waals surface area contributed by atoms with Crippen molar-refractivity contribution in [3.63, 3.8) is 0 Å². The summed E-state index contributed by atoms with van der Waals surface area (Å²) in [5.41, 5.74) is 2.51. The number of rotatable bonds is 6. The van der Waals surface area contributed by atoms with Crippen molar-refractivity contribution in [3.8, 4) is 11.8 Å². The quantitative estimate of drug-likeness (QED) is 0.375. The number of nitrogens with zero attached hydrogens (tertiary/aromatic N) is 3. The molecular weight excluding hydrogens is 392 g/mol. The highest BCUT2D eigenvalue weighted by atomic mass is 16.7. The van der Waals surface area contributed by atoms with Crippen LogP contribution in [-0.2, 0) is 9.53 Å². The van der Waals surface area contributed by atoms with Gasteiger partial charge >= 0.3 is 11.9 Å². The van der Waals surface area contributed by atoms with Crippen molar-refractivity contribution in [1.82, 2.24) is 4.57 Å². The van der Waals surface area contributed by atoms with Gasteiger partial charge in [-0.1, -0.05) is 18.2 Å². The molecule has 2 heterocycles. The summed E-state index contributed by atoms with van der Waals surface area (Å²) in [6, 6.07) is 13.3. The first kappa shape index (κ1) is 20.3. The summed E-state index contributed by atoms with van der Waals surface area (Å²) >= 11 is 0. The lowest BCUT2D eigenvalue weighted by Gasteiger charge is -2.13. The fourth-order valence-electron chi connectivity index (χ4n) is 2.87. The predicted molar refractivity (Wildman–Crippen MR) is 104 cm³/mol. The molecule has 3 rings (SSSR count). The maximum absolute atomic E-state index is 12.4. The summed E-state index contributed by atoms with van der Waals surface area (Å²) in [6.07, 6.45) is 0. The number of amides is 1. The van der Waals surface area contributed by atoms with Crippen LogP contribution in [0.3, 0.4) is 0 Å². The molecule has 0 spiro atoms. The number of nitrogens with one attached hydrogen (secondary N) is 1. The number of hydrogen-bond donors (Lipinski definition) is 1. The third-order valence-electron chi connectivity index (χ3n) is 4.40. The Morgan fingerprint density at radius 3 is 2.53 bits per heavy atom. The number of benzene rings is 1. The van der Waals surface area contributed by atoms with E-state index in [-0.39, 0.29) is 11.4 Å². The van der Waals surface area contributed by atoms with Crippen LogP contribution in [0.5, 0.6) is 0 Å². The summed E-state index contributed by atoms with van der Waals surface area (Å²) in [5, 5.41) is 22.8. The minimum atomic E-state index is -1.02. The number of nitro groups is 1. The Morgan fingerprint density at radius 2 is 1.93 bits per heavy atom. The molecular formula is C20H16N4O6. The number of ether oxygens (including phenoxy) is 1. The van der Waals surface area contributed by atoms with Crippen molar-refractivity contribution >= 4 is 23.6 Å². The highest BCUT2D eigenvalue weighted by Gasteiger charge is 2.22. The fourth-order valence-corrected chi connectivity index (χ4v) is 2.87. The van der Waals surface area contributed by atoms with Gasteiger partial charge in [-0.2, -0.15) is 5.26 Å². The van der Waals surface area contributed by atoms with Gasteiger partial charge in [-0.15, -0.1) is 0 Å². The third kappa shape index (κ3) is 3.90. The highest BCUT2D eigenvalue weighted by Crippen LogP contribution is 2.29. The Hall–Kier alpha value is -4.39. The number of anilines is 1. The van der Waals surface area contributed by atoms with E-state index in [0.717, 1.165) is 23.5 Å². The van der Waals surface area contributed by atoms with Crippen molar-refractivity contribution < 1.29 is 23.7 Å². The molecule has 0 saturated heterocycles. The smallest absolute Gasteiger partial charge is 0.433 e. The Labute approximate surface area is 170 Å². The molecule has 1 aromatic carbocycles. The molecule has 0 aliphatic rings. The maximum Gasteiger partial charge on any atom is 0.433 e. The molecule has 0 fully saturated rings. The lowest BCUT2D eigenvalue weighted by molar-refractivity contribution is -0.402. The van der Waals surface area contributed by atoms with Crippen LogP contribution >= 0.6 is 0 Å². The number of para-hydroxylation sites is 1. The molecule has 10 nitrogen and oxygen atoms in total. The van der Waals surface area contributed by atoms with Gasteiger partial charge in [0.05, 0.1) is 11.6 Å². The molecule has 0 unspecified atom stereocenters. The SMILES string of the molecule is Cc1c(C#N)c(NC(=O)COC(=O)c2ccc([N+](=O)[O-])o2)n(-c2ccccc2)c1C. The van der Waals surface area contributed by atoms with Gasteiger partial charge in [0.15, 0.2) is 6.61 Å².